The predicted molar refractivity (Wildman–Crippen MR) is 51.7 cm³/mol. The maximum absolute atomic E-state index is 10.9. The molecule has 1 rings (SSSR count). The molecular formula is C8H5ClO3S. The molecule has 13 heavy (non-hydrogen) atoms. The van der Waals surface area contributed by atoms with Crippen LogP contribution >= 0.6 is 24.2 Å². The molecule has 0 fully saturated rings. The maximum atomic E-state index is 10.9. The van der Waals surface area contributed by atoms with Gasteiger partial charge in [0, 0.05) is 5.56 Å². The van der Waals surface area contributed by atoms with Crippen LogP contribution in [0.25, 0.3) is 0 Å². The van der Waals surface area contributed by atoms with Crippen LogP contribution in [0.1, 0.15) is 20.7 Å². The van der Waals surface area contributed by atoms with E-state index in [-0.39, 0.29) is 16.1 Å². The fraction of sp³-hybridized carbons (Fsp3) is 0. The van der Waals surface area contributed by atoms with Crippen molar-refractivity contribution in [3.8, 4) is 0 Å². The van der Waals surface area contributed by atoms with E-state index in [9.17, 15) is 9.59 Å². The smallest absolute Gasteiger partial charge is 0.337 e. The van der Waals surface area contributed by atoms with E-state index >= 15 is 0 Å². The average molecular weight is 217 g/mol. The maximum Gasteiger partial charge on any atom is 0.337 e. The Morgan fingerprint density at radius 2 is 2.00 bits per heavy atom. The lowest BCUT2D eigenvalue weighted by molar-refractivity contribution is 0.0694. The Balaban J connectivity index is 3.43. The van der Waals surface area contributed by atoms with Crippen LogP contribution in [-0.4, -0.2) is 16.2 Å². The number of hydrogen-bond acceptors (Lipinski definition) is 2. The van der Waals surface area contributed by atoms with Crippen LogP contribution in [-0.2, 0) is 0 Å². The van der Waals surface area contributed by atoms with Gasteiger partial charge in [-0.15, -0.1) is 12.6 Å². The number of aromatic carboxylic acids is 1. The lowest BCUT2D eigenvalue weighted by Gasteiger charge is -2.02. The summed E-state index contributed by atoms with van der Waals surface area (Å²) < 4.78 is 0. The van der Waals surface area contributed by atoms with Crippen LogP contribution in [0, 0.1) is 0 Å². The standard InChI is InChI=1S/C8H5ClO3S/c9-5-3-1-2-4(8(12)13)6(5)7(10)11/h1-3H,(H,10,11)(H,12,13). The molecule has 0 saturated carbocycles. The predicted octanol–water partition coefficient (Wildman–Crippen LogP) is 2.11. The Morgan fingerprint density at radius 1 is 1.38 bits per heavy atom. The average Bonchev–Trinajstić information content (AvgIpc) is 2.02. The fourth-order valence-electron chi connectivity index (χ4n) is 0.920. The molecule has 0 aliphatic heterocycles. The highest BCUT2D eigenvalue weighted by Gasteiger charge is 2.16. The highest BCUT2D eigenvalue weighted by atomic mass is 35.5. The van der Waals surface area contributed by atoms with E-state index in [1.165, 1.54) is 18.2 Å². The number of carboxylic acids is 1. The summed E-state index contributed by atoms with van der Waals surface area (Å²) >= 11 is 9.14. The number of benzene rings is 1. The summed E-state index contributed by atoms with van der Waals surface area (Å²) in [5, 5.41) is 8.15. The number of carbonyl (C=O) groups is 2. The lowest BCUT2D eigenvalue weighted by Crippen LogP contribution is -2.05. The molecule has 3 nitrogen and oxygen atoms in total. The van der Waals surface area contributed by atoms with Gasteiger partial charge >= 0.3 is 5.97 Å². The zero-order valence-electron chi connectivity index (χ0n) is 6.32. The van der Waals surface area contributed by atoms with Crippen LogP contribution in [0.4, 0.5) is 0 Å². The molecule has 0 aromatic heterocycles. The molecule has 0 aliphatic rings. The van der Waals surface area contributed by atoms with Crippen molar-refractivity contribution >= 4 is 35.3 Å². The van der Waals surface area contributed by atoms with Crippen LogP contribution in [0.3, 0.4) is 0 Å². The second-order valence-electron chi connectivity index (χ2n) is 2.27. The molecule has 0 spiro atoms. The molecule has 1 aromatic carbocycles. The minimum atomic E-state index is -1.23. The van der Waals surface area contributed by atoms with Gasteiger partial charge < -0.3 is 5.11 Å². The van der Waals surface area contributed by atoms with Gasteiger partial charge in [-0.2, -0.15) is 0 Å². The Kier molecular flexibility index (Phi) is 2.95. The summed E-state index contributed by atoms with van der Waals surface area (Å²) in [6.07, 6.45) is 0. The summed E-state index contributed by atoms with van der Waals surface area (Å²) in [6.45, 7) is 0. The minimum Gasteiger partial charge on any atom is -0.478 e. The van der Waals surface area contributed by atoms with Gasteiger partial charge in [0.2, 0.25) is 5.12 Å². The minimum absolute atomic E-state index is 0.00309. The monoisotopic (exact) mass is 216 g/mol. The molecule has 0 radical (unpaired) electrons. The van der Waals surface area contributed by atoms with Crippen molar-refractivity contribution in [2.75, 3.05) is 0 Å². The molecule has 1 N–H and O–H groups in total. The van der Waals surface area contributed by atoms with Gasteiger partial charge in [0.15, 0.2) is 0 Å². The SMILES string of the molecule is O=C(S)c1cccc(Cl)c1C(=O)O. The highest BCUT2D eigenvalue weighted by molar-refractivity contribution is 7.97. The Bertz CT molecular complexity index is 376. The molecule has 0 unspecified atom stereocenters. The van der Waals surface area contributed by atoms with Crippen LogP contribution in [0.2, 0.25) is 5.02 Å². The number of carboxylic acid groups (broad SMARTS) is 1. The van der Waals surface area contributed by atoms with Gasteiger partial charge in [-0.25, -0.2) is 4.79 Å². The summed E-state index contributed by atoms with van der Waals surface area (Å²) in [7, 11) is 0. The largest absolute Gasteiger partial charge is 0.478 e. The molecule has 0 saturated heterocycles. The summed E-state index contributed by atoms with van der Waals surface area (Å²) in [5.41, 5.74) is -0.201. The highest BCUT2D eigenvalue weighted by Crippen LogP contribution is 2.21. The van der Waals surface area contributed by atoms with Crippen molar-refractivity contribution < 1.29 is 14.7 Å². The van der Waals surface area contributed by atoms with Gasteiger partial charge in [0.1, 0.15) is 0 Å². The second-order valence-corrected chi connectivity index (χ2v) is 3.09. The Hall–Kier alpha value is -1.00. The molecule has 0 aliphatic carbocycles. The lowest BCUT2D eigenvalue weighted by atomic mass is 10.1. The summed E-state index contributed by atoms with van der Waals surface area (Å²) in [4.78, 5) is 21.5. The van der Waals surface area contributed by atoms with Gasteiger partial charge in [-0.1, -0.05) is 17.7 Å². The van der Waals surface area contributed by atoms with E-state index in [2.05, 4.69) is 12.6 Å². The molecular weight excluding hydrogens is 212 g/mol. The summed E-state index contributed by atoms with van der Waals surface area (Å²) in [5.74, 6) is -1.23. The molecule has 0 bridgehead atoms. The third-order valence-electron chi connectivity index (χ3n) is 1.46. The normalized spacial score (nSPS) is 9.69. The zero-order chi connectivity index (χ0) is 10.0. The Morgan fingerprint density at radius 3 is 2.38 bits per heavy atom. The number of hydrogen-bond donors (Lipinski definition) is 2. The first-order valence-corrected chi connectivity index (χ1v) is 4.11. The van der Waals surface area contributed by atoms with Gasteiger partial charge in [-0.05, 0) is 12.1 Å². The third-order valence-corrected chi connectivity index (χ3v) is 2.01. The number of thiol groups is 1. The van der Waals surface area contributed by atoms with Crippen molar-refractivity contribution in [2.45, 2.75) is 0 Å². The first kappa shape index (κ1) is 10.1. The fourth-order valence-corrected chi connectivity index (χ4v) is 1.36. The first-order valence-electron chi connectivity index (χ1n) is 3.29. The van der Waals surface area contributed by atoms with Crippen molar-refractivity contribution in [1.29, 1.82) is 0 Å². The van der Waals surface area contributed by atoms with Gasteiger partial charge in [-0.3, -0.25) is 4.79 Å². The van der Waals surface area contributed by atoms with E-state index in [0.29, 0.717) is 0 Å². The third kappa shape index (κ3) is 2.02. The quantitative estimate of drug-likeness (QED) is 0.745. The summed E-state index contributed by atoms with van der Waals surface area (Å²) in [6, 6.07) is 4.27. The molecule has 1 aromatic rings. The van der Waals surface area contributed by atoms with E-state index < -0.39 is 11.1 Å². The van der Waals surface area contributed by atoms with Crippen molar-refractivity contribution in [3.05, 3.63) is 34.3 Å². The number of halogens is 1. The Labute approximate surface area is 84.7 Å². The van der Waals surface area contributed by atoms with Gasteiger partial charge in [0.05, 0.1) is 10.6 Å². The van der Waals surface area contributed by atoms with E-state index in [0.717, 1.165) is 0 Å². The first-order chi connectivity index (χ1) is 6.04. The number of carbonyl (C=O) groups excluding carboxylic acids is 1. The molecule has 0 heterocycles. The molecule has 0 amide bonds. The van der Waals surface area contributed by atoms with Crippen molar-refractivity contribution in [2.24, 2.45) is 0 Å². The molecule has 5 heteroatoms. The molecule has 68 valence electrons. The van der Waals surface area contributed by atoms with Crippen LogP contribution in [0.5, 0.6) is 0 Å². The van der Waals surface area contributed by atoms with E-state index in [1.54, 1.807) is 0 Å². The van der Waals surface area contributed by atoms with Gasteiger partial charge in [0.25, 0.3) is 0 Å². The molecule has 0 atom stereocenters. The van der Waals surface area contributed by atoms with E-state index in [1.807, 2.05) is 0 Å². The van der Waals surface area contributed by atoms with E-state index in [4.69, 9.17) is 16.7 Å². The zero-order valence-corrected chi connectivity index (χ0v) is 7.97. The van der Waals surface area contributed by atoms with Crippen LogP contribution < -0.4 is 0 Å². The van der Waals surface area contributed by atoms with Crippen molar-refractivity contribution in [1.82, 2.24) is 0 Å². The number of rotatable bonds is 2. The van der Waals surface area contributed by atoms with Crippen LogP contribution in [0.15, 0.2) is 18.2 Å². The second kappa shape index (κ2) is 3.81. The van der Waals surface area contributed by atoms with Crippen molar-refractivity contribution in [3.63, 3.8) is 0 Å². The topological polar surface area (TPSA) is 54.4 Å².